The predicted octanol–water partition coefficient (Wildman–Crippen LogP) is 4.75. The lowest BCUT2D eigenvalue weighted by Gasteiger charge is -2.21. The Balaban J connectivity index is 2.24. The molecule has 2 aromatic carbocycles. The van der Waals surface area contributed by atoms with Crippen LogP contribution in [-0.2, 0) is 0 Å². The van der Waals surface area contributed by atoms with E-state index in [1.807, 2.05) is 36.4 Å². The molecule has 0 heterocycles. The van der Waals surface area contributed by atoms with Crippen LogP contribution < -0.4 is 4.90 Å². The van der Waals surface area contributed by atoms with E-state index in [9.17, 15) is 5.11 Å². The van der Waals surface area contributed by atoms with Crippen LogP contribution in [0.15, 0.2) is 51.9 Å². The molecule has 0 atom stereocenters. The number of phenolic OH excluding ortho intramolecular Hbond substituents is 1. The summed E-state index contributed by atoms with van der Waals surface area (Å²) in [5.41, 5.74) is 2.57. The fourth-order valence-electron chi connectivity index (χ4n) is 2.12. The van der Waals surface area contributed by atoms with Crippen molar-refractivity contribution in [2.24, 2.45) is 4.99 Å². The second-order valence-corrected chi connectivity index (χ2v) is 5.48. The van der Waals surface area contributed by atoms with Crippen molar-refractivity contribution in [3.05, 3.63) is 52.5 Å². The minimum Gasteiger partial charge on any atom is -0.507 e. The number of phenols is 1. The van der Waals surface area contributed by atoms with Crippen molar-refractivity contribution in [3.63, 3.8) is 0 Å². The van der Waals surface area contributed by atoms with Gasteiger partial charge in [0.05, 0.1) is 5.69 Å². The molecule has 1 N–H and O–H groups in total. The summed E-state index contributed by atoms with van der Waals surface area (Å²) in [6.07, 6.45) is 1.68. The molecule has 0 fully saturated rings. The number of para-hydroxylation sites is 1. The highest BCUT2D eigenvalue weighted by Crippen LogP contribution is 2.26. The van der Waals surface area contributed by atoms with Gasteiger partial charge in [0.1, 0.15) is 5.75 Å². The summed E-state index contributed by atoms with van der Waals surface area (Å²) < 4.78 is 0.931. The fourth-order valence-corrected chi connectivity index (χ4v) is 2.51. The number of halogens is 1. The molecule has 21 heavy (non-hydrogen) atoms. The molecular formula is C17H19BrN2O. The van der Waals surface area contributed by atoms with Crippen LogP contribution in [-0.4, -0.2) is 24.4 Å². The molecule has 0 aromatic heterocycles. The van der Waals surface area contributed by atoms with Gasteiger partial charge in [0.15, 0.2) is 0 Å². The number of hydrogen-bond acceptors (Lipinski definition) is 3. The van der Waals surface area contributed by atoms with Crippen molar-refractivity contribution in [2.75, 3.05) is 18.0 Å². The van der Waals surface area contributed by atoms with Gasteiger partial charge in [-0.2, -0.15) is 0 Å². The summed E-state index contributed by atoms with van der Waals surface area (Å²) in [4.78, 5) is 6.60. The molecule has 110 valence electrons. The zero-order chi connectivity index (χ0) is 15.2. The van der Waals surface area contributed by atoms with Crippen molar-refractivity contribution in [3.8, 4) is 5.75 Å². The molecule has 0 aliphatic rings. The van der Waals surface area contributed by atoms with Gasteiger partial charge in [-0.25, -0.2) is 0 Å². The van der Waals surface area contributed by atoms with Crippen LogP contribution >= 0.6 is 15.9 Å². The van der Waals surface area contributed by atoms with E-state index in [-0.39, 0.29) is 5.75 Å². The van der Waals surface area contributed by atoms with Gasteiger partial charge in [0.25, 0.3) is 0 Å². The van der Waals surface area contributed by atoms with Gasteiger partial charge in [0.2, 0.25) is 0 Å². The van der Waals surface area contributed by atoms with Gasteiger partial charge in [-0.05, 0) is 54.0 Å². The summed E-state index contributed by atoms with van der Waals surface area (Å²) >= 11 is 3.45. The standard InChI is InChI=1S/C17H19BrN2O/c1-3-20(4-2)14-10-9-13(17(21)11-14)12-19-16-8-6-5-7-15(16)18/h5-12,21H,3-4H2,1-2H3. The van der Waals surface area contributed by atoms with Crippen LogP contribution in [0.3, 0.4) is 0 Å². The van der Waals surface area contributed by atoms with Crippen molar-refractivity contribution < 1.29 is 5.11 Å². The highest BCUT2D eigenvalue weighted by molar-refractivity contribution is 9.10. The van der Waals surface area contributed by atoms with Gasteiger partial charge in [-0.1, -0.05) is 12.1 Å². The first-order valence-corrected chi connectivity index (χ1v) is 7.81. The lowest BCUT2D eigenvalue weighted by Crippen LogP contribution is -2.21. The molecule has 0 aliphatic carbocycles. The topological polar surface area (TPSA) is 35.8 Å². The number of hydrogen-bond donors (Lipinski definition) is 1. The van der Waals surface area contributed by atoms with Gasteiger partial charge in [0, 0.05) is 41.1 Å². The van der Waals surface area contributed by atoms with Gasteiger partial charge in [-0.3, -0.25) is 4.99 Å². The molecule has 0 saturated carbocycles. The van der Waals surface area contributed by atoms with E-state index in [1.54, 1.807) is 12.3 Å². The number of benzene rings is 2. The molecule has 0 unspecified atom stereocenters. The maximum absolute atomic E-state index is 10.1. The number of anilines is 1. The zero-order valence-corrected chi connectivity index (χ0v) is 13.8. The van der Waals surface area contributed by atoms with Crippen LogP contribution in [0.2, 0.25) is 0 Å². The Kier molecular flexibility index (Phi) is 5.39. The van der Waals surface area contributed by atoms with Crippen LogP contribution in [0.25, 0.3) is 0 Å². The third-order valence-electron chi connectivity index (χ3n) is 3.34. The van der Waals surface area contributed by atoms with E-state index in [2.05, 4.69) is 39.7 Å². The molecule has 0 amide bonds. The largest absolute Gasteiger partial charge is 0.507 e. The third-order valence-corrected chi connectivity index (χ3v) is 4.01. The monoisotopic (exact) mass is 346 g/mol. The van der Waals surface area contributed by atoms with E-state index in [4.69, 9.17) is 0 Å². The first kappa shape index (κ1) is 15.6. The number of nitrogens with zero attached hydrogens (tertiary/aromatic N) is 2. The molecule has 0 saturated heterocycles. The normalized spacial score (nSPS) is 11.0. The Morgan fingerprint density at radius 3 is 2.48 bits per heavy atom. The van der Waals surface area contributed by atoms with Crippen LogP contribution in [0.4, 0.5) is 11.4 Å². The molecule has 0 bridgehead atoms. The van der Waals surface area contributed by atoms with Crippen molar-refractivity contribution >= 4 is 33.5 Å². The van der Waals surface area contributed by atoms with Crippen molar-refractivity contribution in [1.29, 1.82) is 0 Å². The van der Waals surface area contributed by atoms with Gasteiger partial charge < -0.3 is 10.0 Å². The Labute approximate surface area is 134 Å². The second-order valence-electron chi connectivity index (χ2n) is 4.63. The van der Waals surface area contributed by atoms with Crippen LogP contribution in [0, 0.1) is 0 Å². The second kappa shape index (κ2) is 7.27. The van der Waals surface area contributed by atoms with E-state index in [0.29, 0.717) is 5.56 Å². The molecule has 2 aromatic rings. The number of rotatable bonds is 5. The zero-order valence-electron chi connectivity index (χ0n) is 12.3. The quantitative estimate of drug-likeness (QED) is 0.792. The summed E-state index contributed by atoms with van der Waals surface area (Å²) in [5, 5.41) is 10.1. The molecule has 0 aliphatic heterocycles. The number of aliphatic imine (C=N–C) groups is 1. The van der Waals surface area contributed by atoms with Gasteiger partial charge in [-0.15, -0.1) is 0 Å². The average Bonchev–Trinajstić information content (AvgIpc) is 2.49. The molecule has 0 radical (unpaired) electrons. The molecule has 4 heteroatoms. The summed E-state index contributed by atoms with van der Waals surface area (Å²) in [6, 6.07) is 13.4. The maximum Gasteiger partial charge on any atom is 0.126 e. The van der Waals surface area contributed by atoms with E-state index >= 15 is 0 Å². The highest BCUT2D eigenvalue weighted by Gasteiger charge is 2.05. The summed E-state index contributed by atoms with van der Waals surface area (Å²) in [7, 11) is 0. The summed E-state index contributed by atoms with van der Waals surface area (Å²) in [5.74, 6) is 0.246. The van der Waals surface area contributed by atoms with E-state index in [0.717, 1.165) is 28.9 Å². The van der Waals surface area contributed by atoms with Crippen molar-refractivity contribution in [1.82, 2.24) is 0 Å². The molecule has 0 spiro atoms. The lowest BCUT2D eigenvalue weighted by atomic mass is 10.2. The van der Waals surface area contributed by atoms with Crippen LogP contribution in [0.1, 0.15) is 19.4 Å². The molecule has 2 rings (SSSR count). The first-order chi connectivity index (χ1) is 10.2. The molecular weight excluding hydrogens is 328 g/mol. The first-order valence-electron chi connectivity index (χ1n) is 7.02. The van der Waals surface area contributed by atoms with Crippen molar-refractivity contribution in [2.45, 2.75) is 13.8 Å². The Morgan fingerprint density at radius 2 is 1.86 bits per heavy atom. The predicted molar refractivity (Wildman–Crippen MR) is 93.1 cm³/mol. The van der Waals surface area contributed by atoms with Crippen LogP contribution in [0.5, 0.6) is 5.75 Å². The molecule has 3 nitrogen and oxygen atoms in total. The minimum atomic E-state index is 0.246. The third kappa shape index (κ3) is 3.85. The summed E-state index contributed by atoms with van der Waals surface area (Å²) in [6.45, 7) is 6.03. The highest BCUT2D eigenvalue weighted by atomic mass is 79.9. The lowest BCUT2D eigenvalue weighted by molar-refractivity contribution is 0.474. The van der Waals surface area contributed by atoms with E-state index < -0.39 is 0 Å². The Morgan fingerprint density at radius 1 is 1.14 bits per heavy atom. The fraction of sp³-hybridized carbons (Fsp3) is 0.235. The average molecular weight is 347 g/mol. The van der Waals surface area contributed by atoms with Gasteiger partial charge >= 0.3 is 0 Å². The Bertz CT molecular complexity index is 636. The SMILES string of the molecule is CCN(CC)c1ccc(C=Nc2ccccc2Br)c(O)c1. The smallest absolute Gasteiger partial charge is 0.126 e. The maximum atomic E-state index is 10.1. The minimum absolute atomic E-state index is 0.246. The van der Waals surface area contributed by atoms with E-state index in [1.165, 1.54) is 0 Å². The Hall–Kier alpha value is -1.81. The number of aromatic hydroxyl groups is 1.